The number of halogens is 1. The average molecular weight is 362 g/mol. The molecule has 0 aliphatic rings. The number of hydrogen-bond acceptors (Lipinski definition) is 5. The normalized spacial score (nSPS) is 11.0. The third-order valence-electron chi connectivity index (χ3n) is 3.25. The number of rotatable bonds is 6. The van der Waals surface area contributed by atoms with E-state index < -0.39 is 0 Å². The number of pyridine rings is 1. The van der Waals surface area contributed by atoms with Gasteiger partial charge in [-0.25, -0.2) is 4.98 Å². The molecular weight excluding hydrogens is 346 g/mol. The molecule has 0 unspecified atom stereocenters. The lowest BCUT2D eigenvalue weighted by Crippen LogP contribution is -2.30. The maximum atomic E-state index is 12.0. The molecule has 24 heavy (non-hydrogen) atoms. The van der Waals surface area contributed by atoms with Crippen molar-refractivity contribution in [3.05, 3.63) is 52.6 Å². The summed E-state index contributed by atoms with van der Waals surface area (Å²) in [5.74, 6) is 0.352. The molecule has 0 aromatic carbocycles. The summed E-state index contributed by atoms with van der Waals surface area (Å²) in [4.78, 5) is 19.1. The maximum absolute atomic E-state index is 12.0. The smallest absolute Gasteiger partial charge is 0.239 e. The van der Waals surface area contributed by atoms with Gasteiger partial charge in [-0.3, -0.25) is 14.8 Å². The molecule has 0 saturated heterocycles. The van der Waals surface area contributed by atoms with Crippen LogP contribution in [0.2, 0.25) is 5.02 Å². The fourth-order valence-corrected chi connectivity index (χ4v) is 3.02. The van der Waals surface area contributed by atoms with Gasteiger partial charge in [0.05, 0.1) is 16.4 Å². The SMILES string of the molecule is CN(CC(=O)Nc1ccc(Cl)cn1)Cc1cc(-c2cccs2)n[nH]1. The Hall–Kier alpha value is -2.22. The fourth-order valence-electron chi connectivity index (χ4n) is 2.22. The number of H-pyrrole nitrogens is 1. The van der Waals surface area contributed by atoms with Gasteiger partial charge in [-0.1, -0.05) is 17.7 Å². The minimum absolute atomic E-state index is 0.134. The fraction of sp³-hybridized carbons (Fsp3) is 0.188. The lowest BCUT2D eigenvalue weighted by molar-refractivity contribution is -0.117. The summed E-state index contributed by atoms with van der Waals surface area (Å²) < 4.78 is 0. The second-order valence-corrected chi connectivity index (χ2v) is 6.72. The van der Waals surface area contributed by atoms with Gasteiger partial charge in [-0.15, -0.1) is 11.3 Å². The summed E-state index contributed by atoms with van der Waals surface area (Å²) >= 11 is 7.41. The molecular formula is C16H16ClN5OS. The highest BCUT2D eigenvalue weighted by Crippen LogP contribution is 2.23. The van der Waals surface area contributed by atoms with Gasteiger partial charge in [-0.05, 0) is 36.7 Å². The summed E-state index contributed by atoms with van der Waals surface area (Å²) in [6.45, 7) is 0.845. The highest BCUT2D eigenvalue weighted by atomic mass is 35.5. The first-order chi connectivity index (χ1) is 11.6. The Kier molecular flexibility index (Phi) is 5.24. The molecule has 6 nitrogen and oxygen atoms in total. The summed E-state index contributed by atoms with van der Waals surface area (Å²) in [6.07, 6.45) is 1.50. The number of carbonyl (C=O) groups excluding carboxylic acids is 1. The zero-order valence-corrected chi connectivity index (χ0v) is 14.6. The first-order valence-electron chi connectivity index (χ1n) is 7.28. The maximum Gasteiger partial charge on any atom is 0.239 e. The molecule has 0 aliphatic carbocycles. The molecule has 0 radical (unpaired) electrons. The van der Waals surface area contributed by atoms with Crippen LogP contribution in [0.15, 0.2) is 41.9 Å². The largest absolute Gasteiger partial charge is 0.310 e. The molecule has 3 aromatic rings. The van der Waals surface area contributed by atoms with Gasteiger partial charge in [0.15, 0.2) is 0 Å². The monoisotopic (exact) mass is 361 g/mol. The van der Waals surface area contributed by atoms with Gasteiger partial charge in [0.25, 0.3) is 0 Å². The molecule has 0 bridgehead atoms. The topological polar surface area (TPSA) is 73.9 Å². The van der Waals surface area contributed by atoms with Crippen LogP contribution >= 0.6 is 22.9 Å². The van der Waals surface area contributed by atoms with Gasteiger partial charge in [0.2, 0.25) is 5.91 Å². The van der Waals surface area contributed by atoms with Crippen LogP contribution in [0.5, 0.6) is 0 Å². The van der Waals surface area contributed by atoms with Crippen LogP contribution in [-0.4, -0.2) is 39.6 Å². The molecule has 3 aromatic heterocycles. The number of nitrogens with one attached hydrogen (secondary N) is 2. The lowest BCUT2D eigenvalue weighted by atomic mass is 10.3. The number of thiophene rings is 1. The van der Waals surface area contributed by atoms with E-state index in [0.717, 1.165) is 16.3 Å². The van der Waals surface area contributed by atoms with Crippen LogP contribution in [-0.2, 0) is 11.3 Å². The number of aromatic amines is 1. The van der Waals surface area contributed by atoms with E-state index in [1.807, 2.05) is 35.5 Å². The molecule has 0 fully saturated rings. The van der Waals surface area contributed by atoms with E-state index in [9.17, 15) is 4.79 Å². The van der Waals surface area contributed by atoms with Crippen molar-refractivity contribution in [3.8, 4) is 10.6 Å². The van der Waals surface area contributed by atoms with Gasteiger partial charge in [-0.2, -0.15) is 5.10 Å². The number of nitrogens with zero attached hydrogens (tertiary/aromatic N) is 3. The van der Waals surface area contributed by atoms with E-state index in [4.69, 9.17) is 11.6 Å². The molecule has 1 amide bonds. The quantitative estimate of drug-likeness (QED) is 0.706. The van der Waals surface area contributed by atoms with Gasteiger partial charge < -0.3 is 5.32 Å². The Morgan fingerprint density at radius 2 is 2.29 bits per heavy atom. The molecule has 0 saturated carbocycles. The van der Waals surface area contributed by atoms with E-state index in [2.05, 4.69) is 20.5 Å². The van der Waals surface area contributed by atoms with Crippen molar-refractivity contribution in [1.29, 1.82) is 0 Å². The number of anilines is 1. The van der Waals surface area contributed by atoms with Crippen LogP contribution in [0, 0.1) is 0 Å². The van der Waals surface area contributed by atoms with Gasteiger partial charge in [0, 0.05) is 18.4 Å². The first kappa shape index (κ1) is 16.6. The Labute approximate surface area is 148 Å². The van der Waals surface area contributed by atoms with Crippen molar-refractivity contribution in [2.24, 2.45) is 0 Å². The van der Waals surface area contributed by atoms with E-state index in [1.165, 1.54) is 6.20 Å². The van der Waals surface area contributed by atoms with Crippen molar-refractivity contribution in [3.63, 3.8) is 0 Å². The van der Waals surface area contributed by atoms with E-state index in [-0.39, 0.29) is 12.5 Å². The summed E-state index contributed by atoms with van der Waals surface area (Å²) in [5, 5.41) is 12.6. The van der Waals surface area contributed by atoms with Crippen LogP contribution in [0.1, 0.15) is 5.69 Å². The Morgan fingerprint density at radius 3 is 3.00 bits per heavy atom. The number of hydrogen-bond donors (Lipinski definition) is 2. The van der Waals surface area contributed by atoms with Crippen LogP contribution < -0.4 is 5.32 Å². The highest BCUT2D eigenvalue weighted by Gasteiger charge is 2.11. The first-order valence-corrected chi connectivity index (χ1v) is 8.54. The molecule has 2 N–H and O–H groups in total. The van der Waals surface area contributed by atoms with Crippen molar-refractivity contribution in [1.82, 2.24) is 20.1 Å². The van der Waals surface area contributed by atoms with Crippen molar-refractivity contribution >= 4 is 34.7 Å². The molecule has 0 aliphatic heterocycles. The molecule has 8 heteroatoms. The van der Waals surface area contributed by atoms with Crippen LogP contribution in [0.4, 0.5) is 5.82 Å². The van der Waals surface area contributed by atoms with Gasteiger partial charge >= 0.3 is 0 Å². The van der Waals surface area contributed by atoms with Gasteiger partial charge in [0.1, 0.15) is 11.5 Å². The van der Waals surface area contributed by atoms with Crippen molar-refractivity contribution in [2.75, 3.05) is 18.9 Å². The Morgan fingerprint density at radius 1 is 1.42 bits per heavy atom. The summed E-state index contributed by atoms with van der Waals surface area (Å²) in [5.41, 5.74) is 1.88. The average Bonchev–Trinajstić information content (AvgIpc) is 3.20. The predicted molar refractivity (Wildman–Crippen MR) is 96.1 cm³/mol. The third kappa shape index (κ3) is 4.41. The van der Waals surface area contributed by atoms with Crippen molar-refractivity contribution < 1.29 is 4.79 Å². The summed E-state index contributed by atoms with van der Waals surface area (Å²) in [6, 6.07) is 9.38. The number of aromatic nitrogens is 3. The number of likely N-dealkylation sites (N-methyl/N-ethyl adjacent to an activating group) is 1. The number of carbonyl (C=O) groups is 1. The molecule has 3 heterocycles. The number of amides is 1. The second kappa shape index (κ2) is 7.57. The zero-order chi connectivity index (χ0) is 16.9. The van der Waals surface area contributed by atoms with Crippen molar-refractivity contribution in [2.45, 2.75) is 6.54 Å². The minimum Gasteiger partial charge on any atom is -0.310 e. The van der Waals surface area contributed by atoms with E-state index >= 15 is 0 Å². The molecule has 0 spiro atoms. The van der Waals surface area contributed by atoms with Crippen LogP contribution in [0.3, 0.4) is 0 Å². The highest BCUT2D eigenvalue weighted by molar-refractivity contribution is 7.13. The minimum atomic E-state index is -0.134. The summed E-state index contributed by atoms with van der Waals surface area (Å²) in [7, 11) is 1.88. The zero-order valence-electron chi connectivity index (χ0n) is 13.0. The van der Waals surface area contributed by atoms with E-state index in [1.54, 1.807) is 23.5 Å². The van der Waals surface area contributed by atoms with E-state index in [0.29, 0.717) is 17.4 Å². The lowest BCUT2D eigenvalue weighted by Gasteiger charge is -2.14. The molecule has 0 atom stereocenters. The second-order valence-electron chi connectivity index (χ2n) is 5.34. The molecule has 124 valence electrons. The standard InChI is InChI=1S/C16H16ClN5OS/c1-22(10-16(23)19-15-5-4-11(17)8-18-15)9-12-7-13(21-20-12)14-3-2-6-24-14/h2-8H,9-10H2,1H3,(H,20,21)(H,18,19,23). The molecule has 3 rings (SSSR count). The third-order valence-corrected chi connectivity index (χ3v) is 4.37. The Bertz CT molecular complexity index is 800. The Balaban J connectivity index is 1.52. The van der Waals surface area contributed by atoms with Crippen LogP contribution in [0.25, 0.3) is 10.6 Å². The predicted octanol–water partition coefficient (Wildman–Crippen LogP) is 3.26.